The second kappa shape index (κ2) is 12.4. The molecule has 186 valence electrons. The number of morpholine rings is 1. The van der Waals surface area contributed by atoms with Gasteiger partial charge in [-0.3, -0.25) is 15.0 Å². The molecule has 34 heavy (non-hydrogen) atoms. The molecule has 3 amide bonds. The summed E-state index contributed by atoms with van der Waals surface area (Å²) in [7, 11) is 1.25. The van der Waals surface area contributed by atoms with Crippen LogP contribution in [-0.4, -0.2) is 67.7 Å². The molecule has 4 N–H and O–H groups in total. The summed E-state index contributed by atoms with van der Waals surface area (Å²) in [6, 6.07) is 1.65. The predicted molar refractivity (Wildman–Crippen MR) is 121 cm³/mol. The van der Waals surface area contributed by atoms with Crippen molar-refractivity contribution in [1.82, 2.24) is 14.6 Å². The van der Waals surface area contributed by atoms with E-state index in [0.29, 0.717) is 6.54 Å². The van der Waals surface area contributed by atoms with Crippen LogP contribution in [0.1, 0.15) is 28.8 Å². The maximum Gasteiger partial charge on any atom is 0.319 e. The van der Waals surface area contributed by atoms with E-state index < -0.39 is 35.7 Å². The van der Waals surface area contributed by atoms with Gasteiger partial charge in [-0.05, 0) is 43.1 Å². The molecule has 3 rings (SSSR count). The van der Waals surface area contributed by atoms with Crippen molar-refractivity contribution in [2.24, 2.45) is 5.73 Å². The van der Waals surface area contributed by atoms with Gasteiger partial charge in [0.1, 0.15) is 23.0 Å². The van der Waals surface area contributed by atoms with Crippen LogP contribution in [-0.2, 0) is 11.3 Å². The molecule has 1 aromatic heterocycles. The Hall–Kier alpha value is -3.03. The molecule has 0 unspecified atom stereocenters. The Balaban J connectivity index is 1.52. The smallest absolute Gasteiger partial charge is 0.319 e. The van der Waals surface area contributed by atoms with E-state index in [9.17, 15) is 18.4 Å². The van der Waals surface area contributed by atoms with Gasteiger partial charge in [0.05, 0.1) is 25.9 Å². The van der Waals surface area contributed by atoms with Gasteiger partial charge in [0.25, 0.3) is 5.91 Å². The molecule has 1 aromatic carbocycles. The third-order valence-electron chi connectivity index (χ3n) is 5.15. The summed E-state index contributed by atoms with van der Waals surface area (Å²) in [6.45, 7) is 4.13. The maximum atomic E-state index is 14.3. The van der Waals surface area contributed by atoms with Gasteiger partial charge in [-0.15, -0.1) is 0 Å². The van der Waals surface area contributed by atoms with Gasteiger partial charge in [0, 0.05) is 19.6 Å². The van der Waals surface area contributed by atoms with E-state index in [1.807, 2.05) is 0 Å². The van der Waals surface area contributed by atoms with Crippen LogP contribution in [0, 0.1) is 11.6 Å². The number of amides is 3. The molecule has 1 fully saturated rings. The van der Waals surface area contributed by atoms with Crippen molar-refractivity contribution in [2.75, 3.05) is 51.8 Å². The summed E-state index contributed by atoms with van der Waals surface area (Å²) >= 11 is 0.768. The first kappa shape index (κ1) is 25.6. The lowest BCUT2D eigenvalue weighted by atomic mass is 10.2. The van der Waals surface area contributed by atoms with E-state index in [2.05, 4.69) is 19.9 Å². The summed E-state index contributed by atoms with van der Waals surface area (Å²) in [4.78, 5) is 26.5. The zero-order chi connectivity index (χ0) is 24.5. The van der Waals surface area contributed by atoms with Crippen LogP contribution in [0.5, 0.6) is 11.6 Å². The largest absolute Gasteiger partial charge is 0.494 e. The standard InChI is InChI=1S/C21H27F2N5O5S/c1-31-15-5-4-14(22)13(17(15)23)12-33-19-16(18(24)29)20(34-27-19)26-21(30)25-6-2-3-7-28-8-10-32-11-9-28/h4-5H,2-3,6-12H2,1H3,(H2,24,29)(H2,25,26,30). The number of nitrogens with zero attached hydrogens (tertiary/aromatic N) is 2. The third-order valence-corrected chi connectivity index (χ3v) is 5.89. The third kappa shape index (κ3) is 6.74. The lowest BCUT2D eigenvalue weighted by Crippen LogP contribution is -2.37. The molecule has 0 radical (unpaired) electrons. The Kier molecular flexibility index (Phi) is 9.36. The second-order valence-electron chi connectivity index (χ2n) is 7.43. The lowest BCUT2D eigenvalue weighted by Gasteiger charge is -2.26. The molecule has 0 atom stereocenters. The van der Waals surface area contributed by atoms with Crippen LogP contribution in [0.2, 0.25) is 0 Å². The SMILES string of the molecule is COc1ccc(F)c(COc2nsc(NC(=O)NCCCCN3CCOCC3)c2C(N)=O)c1F. The molecule has 0 aliphatic carbocycles. The van der Waals surface area contributed by atoms with Crippen LogP contribution in [0.4, 0.5) is 18.6 Å². The van der Waals surface area contributed by atoms with Crippen molar-refractivity contribution < 1.29 is 32.6 Å². The van der Waals surface area contributed by atoms with E-state index in [4.69, 9.17) is 19.9 Å². The van der Waals surface area contributed by atoms with Crippen molar-refractivity contribution in [1.29, 1.82) is 0 Å². The molecule has 2 aromatic rings. The molecule has 0 spiro atoms. The predicted octanol–water partition coefficient (Wildman–Crippen LogP) is 2.34. The molecule has 1 saturated heterocycles. The van der Waals surface area contributed by atoms with Crippen molar-refractivity contribution in [3.8, 4) is 11.6 Å². The van der Waals surface area contributed by atoms with Crippen LogP contribution < -0.4 is 25.8 Å². The zero-order valence-electron chi connectivity index (χ0n) is 18.7. The van der Waals surface area contributed by atoms with Crippen molar-refractivity contribution in [2.45, 2.75) is 19.4 Å². The molecular weight excluding hydrogens is 472 g/mol. The Labute approximate surface area is 199 Å². The molecule has 2 heterocycles. The lowest BCUT2D eigenvalue weighted by molar-refractivity contribution is 0.0372. The topological polar surface area (TPSA) is 128 Å². The fourth-order valence-electron chi connectivity index (χ4n) is 3.32. The van der Waals surface area contributed by atoms with E-state index in [1.165, 1.54) is 7.11 Å². The van der Waals surface area contributed by atoms with Crippen molar-refractivity contribution in [3.05, 3.63) is 34.9 Å². The summed E-state index contributed by atoms with van der Waals surface area (Å²) in [5, 5.41) is 5.30. The number of nitrogens with two attached hydrogens (primary N) is 1. The van der Waals surface area contributed by atoms with Crippen LogP contribution >= 0.6 is 11.5 Å². The first-order chi connectivity index (χ1) is 16.4. The number of hydrogen-bond acceptors (Lipinski definition) is 8. The number of benzene rings is 1. The Morgan fingerprint density at radius 1 is 1.26 bits per heavy atom. The Morgan fingerprint density at radius 3 is 2.74 bits per heavy atom. The molecule has 13 heteroatoms. The average molecular weight is 500 g/mol. The number of carbonyl (C=O) groups excluding carboxylic acids is 2. The minimum Gasteiger partial charge on any atom is -0.494 e. The molecule has 0 saturated carbocycles. The van der Waals surface area contributed by atoms with Gasteiger partial charge in [-0.1, -0.05) is 0 Å². The van der Waals surface area contributed by atoms with Gasteiger partial charge in [0.2, 0.25) is 5.88 Å². The van der Waals surface area contributed by atoms with Crippen LogP contribution in [0.25, 0.3) is 0 Å². The molecular formula is C21H27F2N5O5S. The highest BCUT2D eigenvalue weighted by Gasteiger charge is 2.23. The molecule has 1 aliphatic rings. The number of nitrogens with one attached hydrogen (secondary N) is 2. The van der Waals surface area contributed by atoms with Gasteiger partial charge in [-0.2, -0.15) is 4.37 Å². The van der Waals surface area contributed by atoms with E-state index in [0.717, 1.165) is 69.4 Å². The van der Waals surface area contributed by atoms with E-state index >= 15 is 0 Å². The summed E-state index contributed by atoms with van der Waals surface area (Å²) in [6.07, 6.45) is 1.70. The number of carbonyl (C=O) groups is 2. The number of halogens is 2. The number of anilines is 1. The van der Waals surface area contributed by atoms with Crippen LogP contribution in [0.15, 0.2) is 12.1 Å². The van der Waals surface area contributed by atoms with Crippen molar-refractivity contribution >= 4 is 28.5 Å². The number of rotatable bonds is 11. The van der Waals surface area contributed by atoms with Crippen LogP contribution in [0.3, 0.4) is 0 Å². The van der Waals surface area contributed by atoms with Gasteiger partial charge in [-0.25, -0.2) is 13.6 Å². The number of methoxy groups -OCH3 is 1. The first-order valence-electron chi connectivity index (χ1n) is 10.7. The van der Waals surface area contributed by atoms with E-state index in [-0.39, 0.29) is 22.2 Å². The number of urea groups is 1. The fourth-order valence-corrected chi connectivity index (χ4v) is 4.05. The zero-order valence-corrected chi connectivity index (χ0v) is 19.5. The number of ether oxygens (including phenoxy) is 3. The normalized spacial score (nSPS) is 14.0. The first-order valence-corrected chi connectivity index (χ1v) is 11.5. The Morgan fingerprint density at radius 2 is 2.03 bits per heavy atom. The minimum absolute atomic E-state index is 0.0694. The average Bonchev–Trinajstić information content (AvgIpc) is 3.22. The number of hydrogen-bond donors (Lipinski definition) is 3. The summed E-state index contributed by atoms with van der Waals surface area (Å²) in [5.74, 6) is -3.07. The fraction of sp³-hybridized carbons (Fsp3) is 0.476. The number of unbranched alkanes of at least 4 members (excludes halogenated alkanes) is 1. The number of aromatic nitrogens is 1. The van der Waals surface area contributed by atoms with Crippen molar-refractivity contribution in [3.63, 3.8) is 0 Å². The minimum atomic E-state index is -0.926. The molecule has 0 bridgehead atoms. The second-order valence-corrected chi connectivity index (χ2v) is 8.20. The van der Waals surface area contributed by atoms with E-state index in [1.54, 1.807) is 0 Å². The molecule has 10 nitrogen and oxygen atoms in total. The highest BCUT2D eigenvalue weighted by atomic mass is 32.1. The highest BCUT2D eigenvalue weighted by Crippen LogP contribution is 2.31. The summed E-state index contributed by atoms with van der Waals surface area (Å²) < 4.78 is 47.8. The maximum absolute atomic E-state index is 14.3. The van der Waals surface area contributed by atoms with Gasteiger partial charge in [0.15, 0.2) is 11.6 Å². The monoisotopic (exact) mass is 499 g/mol. The quantitative estimate of drug-likeness (QED) is 0.405. The molecule has 1 aliphatic heterocycles. The van der Waals surface area contributed by atoms with Gasteiger partial charge < -0.3 is 25.3 Å². The number of primary amides is 1. The summed E-state index contributed by atoms with van der Waals surface area (Å²) in [5.41, 5.74) is 4.83. The Bertz CT molecular complexity index is 1000. The van der Waals surface area contributed by atoms with Gasteiger partial charge >= 0.3 is 6.03 Å². The highest BCUT2D eigenvalue weighted by molar-refractivity contribution is 7.11.